The molecule has 1 radical (unpaired) electrons. The Bertz CT molecular complexity index is 130. The molecule has 11 heavy (non-hydrogen) atoms. The van der Waals surface area contributed by atoms with Gasteiger partial charge >= 0.3 is 0 Å². The smallest absolute Gasteiger partial charge is 0.257 e. The van der Waals surface area contributed by atoms with Crippen LogP contribution in [0.25, 0.3) is 0 Å². The molecule has 0 N–H and O–H groups in total. The van der Waals surface area contributed by atoms with Crippen LogP contribution in [0.15, 0.2) is 0 Å². The summed E-state index contributed by atoms with van der Waals surface area (Å²) in [4.78, 5) is 10.9. The van der Waals surface area contributed by atoms with Gasteiger partial charge in [0.1, 0.15) is 0 Å². The molecule has 0 unspecified atom stereocenters. The zero-order valence-corrected chi connectivity index (χ0v) is 7.05. The van der Waals surface area contributed by atoms with E-state index in [0.717, 1.165) is 13.1 Å². The maximum Gasteiger partial charge on any atom is 0.257 e. The zero-order valence-electron chi connectivity index (χ0n) is 7.05. The van der Waals surface area contributed by atoms with Crippen molar-refractivity contribution < 1.29 is 4.79 Å². The number of carbonyl (C=O) groups excluding carboxylic acids is 1. The standard InChI is InChI=1S/C8H15N2O/c1-2-8(11)9-10-6-4-3-5-7-10/h2-7H2,1H3. The summed E-state index contributed by atoms with van der Waals surface area (Å²) in [5, 5.41) is 1.90. The predicted molar refractivity (Wildman–Crippen MR) is 42.9 cm³/mol. The Kier molecular flexibility index (Phi) is 3.36. The number of piperidine rings is 1. The number of rotatable bonds is 2. The fourth-order valence-corrected chi connectivity index (χ4v) is 1.21. The van der Waals surface area contributed by atoms with Gasteiger partial charge in [-0.15, -0.1) is 0 Å². The molecule has 63 valence electrons. The summed E-state index contributed by atoms with van der Waals surface area (Å²) in [6.07, 6.45) is 4.17. The Morgan fingerprint density at radius 3 is 2.55 bits per heavy atom. The highest BCUT2D eigenvalue weighted by molar-refractivity contribution is 5.74. The van der Waals surface area contributed by atoms with Crippen molar-refractivity contribution >= 4 is 5.91 Å². The van der Waals surface area contributed by atoms with E-state index in [1.807, 2.05) is 11.9 Å². The molecular formula is C8H15N2O. The Balaban J connectivity index is 2.19. The highest BCUT2D eigenvalue weighted by atomic mass is 16.2. The van der Waals surface area contributed by atoms with Gasteiger partial charge in [0, 0.05) is 19.5 Å². The van der Waals surface area contributed by atoms with Gasteiger partial charge in [-0.3, -0.25) is 4.79 Å². The minimum atomic E-state index is 0.00639. The summed E-state index contributed by atoms with van der Waals surface area (Å²) in [6.45, 7) is 3.77. The molecule has 1 fully saturated rings. The third-order valence-corrected chi connectivity index (χ3v) is 1.89. The lowest BCUT2D eigenvalue weighted by Gasteiger charge is -2.23. The second-order valence-corrected chi connectivity index (χ2v) is 2.86. The predicted octanol–water partition coefficient (Wildman–Crippen LogP) is 0.928. The quantitative estimate of drug-likeness (QED) is 0.594. The Hall–Kier alpha value is -0.570. The van der Waals surface area contributed by atoms with E-state index in [0.29, 0.717) is 6.42 Å². The SMILES string of the molecule is CCC(=O)[N]N1CCCCC1. The van der Waals surface area contributed by atoms with E-state index in [9.17, 15) is 4.79 Å². The van der Waals surface area contributed by atoms with E-state index < -0.39 is 0 Å². The van der Waals surface area contributed by atoms with Gasteiger partial charge in [-0.25, -0.2) is 0 Å². The second kappa shape index (κ2) is 4.34. The van der Waals surface area contributed by atoms with E-state index in [-0.39, 0.29) is 5.91 Å². The van der Waals surface area contributed by atoms with Gasteiger partial charge in [0.15, 0.2) is 0 Å². The Labute approximate surface area is 67.7 Å². The molecule has 1 aliphatic rings. The summed E-state index contributed by atoms with van der Waals surface area (Å²) < 4.78 is 0. The van der Waals surface area contributed by atoms with Crippen molar-refractivity contribution in [3.8, 4) is 0 Å². The summed E-state index contributed by atoms with van der Waals surface area (Å²) in [7, 11) is 0. The Morgan fingerprint density at radius 2 is 2.00 bits per heavy atom. The molecule has 0 spiro atoms. The van der Waals surface area contributed by atoms with Gasteiger partial charge < -0.3 is 0 Å². The topological polar surface area (TPSA) is 34.4 Å². The van der Waals surface area contributed by atoms with Crippen LogP contribution in [-0.2, 0) is 4.79 Å². The van der Waals surface area contributed by atoms with Crippen LogP contribution >= 0.6 is 0 Å². The highest BCUT2D eigenvalue weighted by Gasteiger charge is 2.12. The first-order valence-corrected chi connectivity index (χ1v) is 4.32. The molecule has 0 bridgehead atoms. The van der Waals surface area contributed by atoms with Crippen molar-refractivity contribution in [2.75, 3.05) is 13.1 Å². The number of nitrogens with zero attached hydrogens (tertiary/aromatic N) is 2. The van der Waals surface area contributed by atoms with Gasteiger partial charge in [0.05, 0.1) is 0 Å². The average Bonchev–Trinajstić information content (AvgIpc) is 2.06. The molecule has 1 amide bonds. The van der Waals surface area contributed by atoms with E-state index in [1.54, 1.807) is 0 Å². The molecule has 1 saturated heterocycles. The molecule has 1 rings (SSSR count). The van der Waals surface area contributed by atoms with Gasteiger partial charge in [-0.2, -0.15) is 10.4 Å². The fraction of sp³-hybridized carbons (Fsp3) is 0.875. The summed E-state index contributed by atoms with van der Waals surface area (Å²) in [5.74, 6) is 0.00639. The maximum atomic E-state index is 10.9. The third-order valence-electron chi connectivity index (χ3n) is 1.89. The van der Waals surface area contributed by atoms with Gasteiger partial charge in [-0.05, 0) is 12.8 Å². The van der Waals surface area contributed by atoms with Crippen molar-refractivity contribution in [2.24, 2.45) is 0 Å². The minimum Gasteiger partial charge on any atom is -0.271 e. The van der Waals surface area contributed by atoms with Crippen molar-refractivity contribution in [1.29, 1.82) is 0 Å². The molecule has 0 aromatic rings. The summed E-state index contributed by atoms with van der Waals surface area (Å²) in [5.41, 5.74) is 3.95. The molecular weight excluding hydrogens is 140 g/mol. The number of carbonyl (C=O) groups is 1. The molecule has 3 nitrogen and oxygen atoms in total. The van der Waals surface area contributed by atoms with Crippen molar-refractivity contribution in [3.63, 3.8) is 0 Å². The first-order chi connectivity index (χ1) is 5.33. The summed E-state index contributed by atoms with van der Waals surface area (Å²) >= 11 is 0. The molecule has 0 aromatic carbocycles. The lowest BCUT2D eigenvalue weighted by Crippen LogP contribution is -2.39. The lowest BCUT2D eigenvalue weighted by atomic mass is 10.2. The molecule has 0 aromatic heterocycles. The monoisotopic (exact) mass is 155 g/mol. The molecule has 0 saturated carbocycles. The molecule has 1 aliphatic heterocycles. The molecule has 1 heterocycles. The van der Waals surface area contributed by atoms with Gasteiger partial charge in [-0.1, -0.05) is 13.3 Å². The van der Waals surface area contributed by atoms with Crippen molar-refractivity contribution in [3.05, 3.63) is 0 Å². The van der Waals surface area contributed by atoms with E-state index in [1.165, 1.54) is 19.3 Å². The first kappa shape index (κ1) is 8.53. The van der Waals surface area contributed by atoms with Crippen LogP contribution in [0.5, 0.6) is 0 Å². The van der Waals surface area contributed by atoms with Crippen molar-refractivity contribution in [1.82, 2.24) is 10.4 Å². The number of amides is 1. The fourth-order valence-electron chi connectivity index (χ4n) is 1.21. The number of hydrogen-bond donors (Lipinski definition) is 0. The van der Waals surface area contributed by atoms with E-state index >= 15 is 0 Å². The molecule has 0 atom stereocenters. The van der Waals surface area contributed by atoms with Crippen LogP contribution in [0.3, 0.4) is 0 Å². The van der Waals surface area contributed by atoms with E-state index in [4.69, 9.17) is 0 Å². The van der Waals surface area contributed by atoms with Crippen LogP contribution in [-0.4, -0.2) is 24.0 Å². The maximum absolute atomic E-state index is 10.9. The van der Waals surface area contributed by atoms with Crippen LogP contribution in [0.4, 0.5) is 0 Å². The first-order valence-electron chi connectivity index (χ1n) is 4.32. The molecule has 3 heteroatoms. The normalized spacial score (nSPS) is 19.7. The lowest BCUT2D eigenvalue weighted by molar-refractivity contribution is -0.126. The van der Waals surface area contributed by atoms with Crippen molar-refractivity contribution in [2.45, 2.75) is 32.6 Å². The van der Waals surface area contributed by atoms with Gasteiger partial charge in [0.25, 0.3) is 5.91 Å². The van der Waals surface area contributed by atoms with E-state index in [2.05, 4.69) is 5.43 Å². The number of hydrogen-bond acceptors (Lipinski definition) is 2. The average molecular weight is 155 g/mol. The Morgan fingerprint density at radius 1 is 1.36 bits per heavy atom. The third kappa shape index (κ3) is 2.89. The minimum absolute atomic E-state index is 0.00639. The molecule has 0 aliphatic carbocycles. The van der Waals surface area contributed by atoms with Crippen LogP contribution in [0.2, 0.25) is 0 Å². The van der Waals surface area contributed by atoms with Crippen LogP contribution in [0.1, 0.15) is 32.6 Å². The largest absolute Gasteiger partial charge is 0.271 e. The van der Waals surface area contributed by atoms with Gasteiger partial charge in [0.2, 0.25) is 0 Å². The second-order valence-electron chi connectivity index (χ2n) is 2.86. The highest BCUT2D eigenvalue weighted by Crippen LogP contribution is 2.06. The summed E-state index contributed by atoms with van der Waals surface area (Å²) in [6, 6.07) is 0. The zero-order chi connectivity index (χ0) is 8.10. The van der Waals surface area contributed by atoms with Crippen LogP contribution < -0.4 is 5.43 Å². The van der Waals surface area contributed by atoms with Crippen LogP contribution in [0, 0.1) is 0 Å².